The van der Waals surface area contributed by atoms with Gasteiger partial charge in [0.15, 0.2) is 9.84 Å². The third-order valence-corrected chi connectivity index (χ3v) is 6.26. The summed E-state index contributed by atoms with van der Waals surface area (Å²) in [6.07, 6.45) is 1.12. The second-order valence-corrected chi connectivity index (χ2v) is 9.30. The van der Waals surface area contributed by atoms with Crippen molar-refractivity contribution in [2.75, 3.05) is 44.4 Å². The van der Waals surface area contributed by atoms with Crippen LogP contribution in [0.3, 0.4) is 0 Å². The van der Waals surface area contributed by atoms with E-state index in [-0.39, 0.29) is 10.5 Å². The van der Waals surface area contributed by atoms with Gasteiger partial charge < -0.3 is 9.30 Å². The van der Waals surface area contributed by atoms with E-state index >= 15 is 0 Å². The van der Waals surface area contributed by atoms with Gasteiger partial charge in [-0.25, -0.2) is 13.4 Å². The van der Waals surface area contributed by atoms with E-state index in [1.54, 1.807) is 12.1 Å². The highest BCUT2D eigenvalue weighted by Gasteiger charge is 2.17. The van der Waals surface area contributed by atoms with Crippen LogP contribution in [-0.2, 0) is 21.1 Å². The van der Waals surface area contributed by atoms with Gasteiger partial charge in [-0.2, -0.15) is 0 Å². The van der Waals surface area contributed by atoms with Crippen molar-refractivity contribution in [2.45, 2.75) is 11.4 Å². The maximum Gasteiger partial charge on any atom is 0.258 e. The highest BCUT2D eigenvalue weighted by Crippen LogP contribution is 2.21. The molecule has 2 heterocycles. The first-order chi connectivity index (χ1) is 14.4. The summed E-state index contributed by atoms with van der Waals surface area (Å²) in [6, 6.07) is 13.7. The number of nitrogens with zero attached hydrogens (tertiary/aromatic N) is 3. The van der Waals surface area contributed by atoms with Crippen molar-refractivity contribution in [2.24, 2.45) is 0 Å². The number of nitrogens with one attached hydrogen (secondary N) is 1. The van der Waals surface area contributed by atoms with Crippen LogP contribution >= 0.6 is 0 Å². The number of hydrogen-bond donors (Lipinski definition) is 1. The lowest BCUT2D eigenvalue weighted by Crippen LogP contribution is -2.38. The van der Waals surface area contributed by atoms with E-state index in [9.17, 15) is 13.2 Å². The average Bonchev–Trinajstić information content (AvgIpc) is 3.09. The number of imidazole rings is 1. The predicted octanol–water partition coefficient (Wildman–Crippen LogP) is 2.02. The lowest BCUT2D eigenvalue weighted by atomic mass is 10.2. The molecular weight excluding hydrogens is 404 g/mol. The first-order valence-corrected chi connectivity index (χ1v) is 11.7. The molecule has 9 heteroatoms. The lowest BCUT2D eigenvalue weighted by Gasteiger charge is -2.26. The minimum Gasteiger partial charge on any atom is -0.379 e. The molecule has 0 radical (unpaired) electrons. The minimum atomic E-state index is -3.40. The molecular formula is C21H24N4O4S. The van der Waals surface area contributed by atoms with Crippen molar-refractivity contribution in [3.8, 4) is 0 Å². The first-order valence-electron chi connectivity index (χ1n) is 9.79. The van der Waals surface area contributed by atoms with E-state index in [1.807, 2.05) is 28.8 Å². The lowest BCUT2D eigenvalue weighted by molar-refractivity contribution is 0.0366. The zero-order valence-corrected chi connectivity index (χ0v) is 17.6. The summed E-state index contributed by atoms with van der Waals surface area (Å²) in [5.74, 6) is 0.0441. The molecule has 2 aromatic carbocycles. The summed E-state index contributed by atoms with van der Waals surface area (Å²) in [5, 5.41) is 2.86. The van der Waals surface area contributed by atoms with Crippen LogP contribution in [0, 0.1) is 0 Å². The average molecular weight is 429 g/mol. The quantitative estimate of drug-likeness (QED) is 0.646. The molecule has 0 bridgehead atoms. The fraction of sp³-hybridized carbons (Fsp3) is 0.333. The molecule has 0 atom stereocenters. The fourth-order valence-electron chi connectivity index (χ4n) is 3.51. The Labute approximate surface area is 175 Å². The molecule has 0 saturated carbocycles. The van der Waals surface area contributed by atoms with Crippen molar-refractivity contribution in [3.05, 3.63) is 54.1 Å². The minimum absolute atomic E-state index is 0.107. The Hall–Kier alpha value is -2.75. The van der Waals surface area contributed by atoms with Crippen molar-refractivity contribution >= 4 is 32.7 Å². The second-order valence-electron chi connectivity index (χ2n) is 7.28. The zero-order valence-electron chi connectivity index (χ0n) is 16.7. The van der Waals surface area contributed by atoms with Crippen molar-refractivity contribution in [1.82, 2.24) is 14.5 Å². The Morgan fingerprint density at radius 1 is 1.10 bits per heavy atom. The number of ether oxygens (including phenoxy) is 1. The van der Waals surface area contributed by atoms with Crippen LogP contribution in [0.1, 0.15) is 10.4 Å². The summed E-state index contributed by atoms with van der Waals surface area (Å²) in [7, 11) is -3.40. The maximum atomic E-state index is 12.8. The number of carbonyl (C=O) groups excluding carboxylic acids is 1. The van der Waals surface area contributed by atoms with Gasteiger partial charge in [0.1, 0.15) is 0 Å². The molecule has 8 nitrogen and oxygen atoms in total. The Morgan fingerprint density at radius 2 is 1.87 bits per heavy atom. The maximum absolute atomic E-state index is 12.8. The Morgan fingerprint density at radius 3 is 2.63 bits per heavy atom. The van der Waals surface area contributed by atoms with Crippen LogP contribution < -0.4 is 5.32 Å². The van der Waals surface area contributed by atoms with Crippen molar-refractivity contribution in [1.29, 1.82) is 0 Å². The Bertz CT molecular complexity index is 1170. The molecule has 0 aliphatic carbocycles. The van der Waals surface area contributed by atoms with E-state index in [4.69, 9.17) is 4.74 Å². The van der Waals surface area contributed by atoms with Gasteiger partial charge >= 0.3 is 0 Å². The molecule has 3 aromatic rings. The topological polar surface area (TPSA) is 93.5 Å². The number of anilines is 1. The monoisotopic (exact) mass is 428 g/mol. The largest absolute Gasteiger partial charge is 0.379 e. The van der Waals surface area contributed by atoms with Crippen molar-refractivity contribution < 1.29 is 17.9 Å². The van der Waals surface area contributed by atoms with Gasteiger partial charge in [-0.1, -0.05) is 18.2 Å². The smallest absolute Gasteiger partial charge is 0.258 e. The number of hydrogen-bond acceptors (Lipinski definition) is 6. The van der Waals surface area contributed by atoms with Gasteiger partial charge in [-0.3, -0.25) is 15.0 Å². The highest BCUT2D eigenvalue weighted by atomic mass is 32.2. The molecule has 0 spiro atoms. The van der Waals surface area contributed by atoms with Gasteiger partial charge in [0.25, 0.3) is 5.91 Å². The predicted molar refractivity (Wildman–Crippen MR) is 114 cm³/mol. The van der Waals surface area contributed by atoms with Crippen LogP contribution in [0.5, 0.6) is 0 Å². The molecule has 1 amide bonds. The summed E-state index contributed by atoms with van der Waals surface area (Å²) in [5.41, 5.74) is 2.00. The fourth-order valence-corrected chi connectivity index (χ4v) is 4.17. The molecule has 4 rings (SSSR count). The number of rotatable bonds is 6. The van der Waals surface area contributed by atoms with Crippen LogP contribution in [-0.4, -0.2) is 67.9 Å². The number of fused-ring (bicyclic) bond motifs is 1. The van der Waals surface area contributed by atoms with Crippen molar-refractivity contribution in [3.63, 3.8) is 0 Å². The first kappa shape index (κ1) is 20.5. The van der Waals surface area contributed by atoms with Crippen LogP contribution in [0.25, 0.3) is 11.0 Å². The van der Waals surface area contributed by atoms with Gasteiger partial charge in [0, 0.05) is 38.0 Å². The SMILES string of the molecule is CS(=O)(=O)c1cccc(C(=O)Nc2nc3ccccc3n2CCN2CCOCC2)c1. The highest BCUT2D eigenvalue weighted by molar-refractivity contribution is 7.90. The van der Waals surface area contributed by atoms with Gasteiger partial charge in [-0.05, 0) is 30.3 Å². The molecule has 1 fully saturated rings. The van der Waals surface area contributed by atoms with Gasteiger partial charge in [0.2, 0.25) is 5.95 Å². The molecule has 1 aliphatic rings. The summed E-state index contributed by atoms with van der Waals surface area (Å²) >= 11 is 0. The van der Waals surface area contributed by atoms with E-state index in [0.29, 0.717) is 12.5 Å². The standard InChI is InChI=1S/C21H24N4O4S/c1-30(27,28)17-6-4-5-16(15-17)20(26)23-21-22-18-7-2-3-8-19(18)25(21)10-9-24-11-13-29-14-12-24/h2-8,15H,9-14H2,1H3,(H,22,23,26). The number of amides is 1. The third kappa shape index (κ3) is 4.53. The number of benzene rings is 2. The van der Waals surface area contributed by atoms with Crippen LogP contribution in [0.4, 0.5) is 5.95 Å². The molecule has 30 heavy (non-hydrogen) atoms. The third-order valence-electron chi connectivity index (χ3n) is 5.15. The van der Waals surface area contributed by atoms with Crippen LogP contribution in [0.15, 0.2) is 53.4 Å². The van der Waals surface area contributed by atoms with Gasteiger partial charge in [-0.15, -0.1) is 0 Å². The van der Waals surface area contributed by atoms with Crippen LogP contribution in [0.2, 0.25) is 0 Å². The number of morpholine rings is 1. The normalized spacial score (nSPS) is 15.4. The number of para-hydroxylation sites is 2. The number of aromatic nitrogens is 2. The summed E-state index contributed by atoms with van der Waals surface area (Å²) in [6.45, 7) is 4.70. The second kappa shape index (κ2) is 8.55. The Kier molecular flexibility index (Phi) is 5.85. The Balaban J connectivity index is 1.59. The van der Waals surface area contributed by atoms with Gasteiger partial charge in [0.05, 0.1) is 29.1 Å². The molecule has 0 unspecified atom stereocenters. The molecule has 1 aliphatic heterocycles. The number of carbonyl (C=O) groups is 1. The molecule has 158 valence electrons. The van der Waals surface area contributed by atoms with E-state index in [2.05, 4.69) is 15.2 Å². The zero-order chi connectivity index (χ0) is 21.1. The number of sulfone groups is 1. The summed E-state index contributed by atoms with van der Waals surface area (Å²) in [4.78, 5) is 19.9. The summed E-state index contributed by atoms with van der Waals surface area (Å²) < 4.78 is 31.0. The molecule has 1 aromatic heterocycles. The van der Waals surface area contributed by atoms with E-state index < -0.39 is 15.7 Å². The van der Waals surface area contributed by atoms with E-state index in [0.717, 1.165) is 50.1 Å². The molecule has 1 N–H and O–H groups in total. The van der Waals surface area contributed by atoms with E-state index in [1.165, 1.54) is 12.1 Å². The molecule has 1 saturated heterocycles.